The molecular weight excluding hydrogens is 236 g/mol. The van der Waals surface area contributed by atoms with Crippen LogP contribution in [0.1, 0.15) is 86.5 Å². The maximum absolute atomic E-state index is 12.1. The molecule has 0 aromatic rings. The number of Topliss-reactive ketones (excluding diaryl/α,β-unsaturated/α-hetero) is 1. The number of unbranched alkanes of at least 4 members (excludes halogenated alkanes) is 2. The number of hydrogen-bond donors (Lipinski definition) is 0. The quantitative estimate of drug-likeness (QED) is 0.485. The average Bonchev–Trinajstić information content (AvgIpc) is 2.41. The number of carbonyl (C=O) groups excluding carboxylic acids is 1. The molecule has 0 aliphatic carbocycles. The molecule has 0 radical (unpaired) electrons. The monoisotopic (exact) mass is 270 g/mol. The minimum atomic E-state index is -0.0965. The molecule has 19 heavy (non-hydrogen) atoms. The van der Waals surface area contributed by atoms with Gasteiger partial charge in [0.2, 0.25) is 0 Å². The molecule has 2 heteroatoms. The molecule has 0 amide bonds. The summed E-state index contributed by atoms with van der Waals surface area (Å²) >= 11 is 0. The maximum Gasteiger partial charge on any atom is 0.138 e. The smallest absolute Gasteiger partial charge is 0.138 e. The first-order valence-electron chi connectivity index (χ1n) is 7.98. The zero-order valence-electron chi connectivity index (χ0n) is 14.0. The van der Waals surface area contributed by atoms with Gasteiger partial charge < -0.3 is 4.74 Å². The molecule has 0 rings (SSSR count). The van der Waals surface area contributed by atoms with Gasteiger partial charge in [-0.15, -0.1) is 0 Å². The van der Waals surface area contributed by atoms with Crippen molar-refractivity contribution in [2.75, 3.05) is 6.61 Å². The molecule has 114 valence electrons. The minimum absolute atomic E-state index is 0.00118. The van der Waals surface area contributed by atoms with Crippen molar-refractivity contribution in [1.82, 2.24) is 0 Å². The lowest BCUT2D eigenvalue weighted by Gasteiger charge is -2.25. The highest BCUT2D eigenvalue weighted by atomic mass is 16.5. The highest BCUT2D eigenvalue weighted by molar-refractivity contribution is 5.84. The van der Waals surface area contributed by atoms with E-state index < -0.39 is 0 Å². The Morgan fingerprint density at radius 2 is 1.47 bits per heavy atom. The fourth-order valence-electron chi connectivity index (χ4n) is 1.96. The summed E-state index contributed by atoms with van der Waals surface area (Å²) in [4.78, 5) is 12.1. The lowest BCUT2D eigenvalue weighted by atomic mass is 9.78. The van der Waals surface area contributed by atoms with Crippen LogP contribution in [0.5, 0.6) is 0 Å². The molecule has 0 aromatic heterocycles. The summed E-state index contributed by atoms with van der Waals surface area (Å²) in [6, 6.07) is 0. The number of ether oxygens (including phenoxy) is 1. The van der Waals surface area contributed by atoms with Crippen LogP contribution in [0.25, 0.3) is 0 Å². The molecule has 0 saturated carbocycles. The van der Waals surface area contributed by atoms with Crippen molar-refractivity contribution < 1.29 is 9.53 Å². The fourth-order valence-corrected chi connectivity index (χ4v) is 1.96. The highest BCUT2D eigenvalue weighted by Gasteiger charge is 2.27. The van der Waals surface area contributed by atoms with E-state index in [4.69, 9.17) is 4.74 Å². The van der Waals surface area contributed by atoms with Crippen LogP contribution in [0.4, 0.5) is 0 Å². The Labute approximate surface area is 120 Å². The van der Waals surface area contributed by atoms with Crippen LogP contribution in [0.15, 0.2) is 0 Å². The Bertz CT molecular complexity index is 252. The van der Waals surface area contributed by atoms with Gasteiger partial charge in [-0.2, -0.15) is 0 Å². The van der Waals surface area contributed by atoms with Gasteiger partial charge in [-0.25, -0.2) is 0 Å². The number of ketones is 1. The second-order valence-electron chi connectivity index (χ2n) is 6.46. The number of carbonyl (C=O) groups is 1. The second-order valence-corrected chi connectivity index (χ2v) is 6.46. The molecule has 0 N–H and O–H groups in total. The SMILES string of the molecule is CCC(C)(C)OCCCCCC(=O)C(C)(CC)CC. The first kappa shape index (κ1) is 18.6. The van der Waals surface area contributed by atoms with Gasteiger partial charge in [0.1, 0.15) is 5.78 Å². The Morgan fingerprint density at radius 1 is 0.895 bits per heavy atom. The van der Waals surface area contributed by atoms with Gasteiger partial charge in [-0.3, -0.25) is 4.79 Å². The summed E-state index contributed by atoms with van der Waals surface area (Å²) in [7, 11) is 0. The van der Waals surface area contributed by atoms with Crippen molar-refractivity contribution in [3.63, 3.8) is 0 Å². The Hall–Kier alpha value is -0.370. The van der Waals surface area contributed by atoms with Gasteiger partial charge in [-0.05, 0) is 46.0 Å². The lowest BCUT2D eigenvalue weighted by Crippen LogP contribution is -2.26. The average molecular weight is 270 g/mol. The zero-order chi connectivity index (χ0) is 14.9. The Balaban J connectivity index is 3.73. The molecule has 0 bridgehead atoms. The van der Waals surface area contributed by atoms with E-state index in [1.165, 1.54) is 0 Å². The van der Waals surface area contributed by atoms with Crippen molar-refractivity contribution in [2.24, 2.45) is 5.41 Å². The molecule has 0 spiro atoms. The van der Waals surface area contributed by atoms with Gasteiger partial charge in [0.25, 0.3) is 0 Å². The molecule has 0 aromatic carbocycles. The third-order valence-corrected chi connectivity index (χ3v) is 4.63. The van der Waals surface area contributed by atoms with Crippen LogP contribution in [0, 0.1) is 5.41 Å². The van der Waals surface area contributed by atoms with Crippen molar-refractivity contribution in [3.05, 3.63) is 0 Å². The summed E-state index contributed by atoms with van der Waals surface area (Å²) in [5, 5.41) is 0. The minimum Gasteiger partial charge on any atom is -0.376 e. The number of rotatable bonds is 11. The highest BCUT2D eigenvalue weighted by Crippen LogP contribution is 2.28. The van der Waals surface area contributed by atoms with Crippen molar-refractivity contribution in [3.8, 4) is 0 Å². The van der Waals surface area contributed by atoms with Crippen molar-refractivity contribution >= 4 is 5.78 Å². The van der Waals surface area contributed by atoms with Crippen molar-refractivity contribution in [2.45, 2.75) is 92.1 Å². The van der Waals surface area contributed by atoms with E-state index in [2.05, 4.69) is 41.5 Å². The van der Waals surface area contributed by atoms with E-state index >= 15 is 0 Å². The normalized spacial score (nSPS) is 12.7. The topological polar surface area (TPSA) is 26.3 Å². The van der Waals surface area contributed by atoms with Crippen LogP contribution in [-0.2, 0) is 9.53 Å². The molecule has 0 aliphatic heterocycles. The molecule has 0 heterocycles. The summed E-state index contributed by atoms with van der Waals surface area (Å²) in [5.74, 6) is 0.437. The number of hydrogen-bond acceptors (Lipinski definition) is 2. The van der Waals surface area contributed by atoms with E-state index in [0.717, 1.165) is 51.6 Å². The van der Waals surface area contributed by atoms with Crippen LogP contribution in [0.3, 0.4) is 0 Å². The van der Waals surface area contributed by atoms with Gasteiger partial charge in [0.05, 0.1) is 5.60 Å². The third-order valence-electron chi connectivity index (χ3n) is 4.63. The van der Waals surface area contributed by atoms with Crippen LogP contribution < -0.4 is 0 Å². The largest absolute Gasteiger partial charge is 0.376 e. The first-order chi connectivity index (χ1) is 8.81. The van der Waals surface area contributed by atoms with E-state index in [0.29, 0.717) is 5.78 Å². The van der Waals surface area contributed by atoms with E-state index in [-0.39, 0.29) is 11.0 Å². The molecule has 0 aliphatic rings. The van der Waals surface area contributed by atoms with Crippen molar-refractivity contribution in [1.29, 1.82) is 0 Å². The summed E-state index contributed by atoms with van der Waals surface area (Å²) < 4.78 is 5.81. The Kier molecular flexibility index (Phi) is 8.56. The summed E-state index contributed by atoms with van der Waals surface area (Å²) in [5.41, 5.74) is -0.0977. The lowest BCUT2D eigenvalue weighted by molar-refractivity contribution is -0.128. The second kappa shape index (κ2) is 8.73. The standard InChI is InChI=1S/C17H34O2/c1-7-16(4,5)19-14-12-10-11-13-15(18)17(6,8-2)9-3/h7-14H2,1-6H3. The molecule has 0 unspecified atom stereocenters. The van der Waals surface area contributed by atoms with Gasteiger partial charge >= 0.3 is 0 Å². The van der Waals surface area contributed by atoms with Crippen LogP contribution >= 0.6 is 0 Å². The zero-order valence-corrected chi connectivity index (χ0v) is 14.0. The van der Waals surface area contributed by atoms with Crippen LogP contribution in [-0.4, -0.2) is 18.0 Å². The first-order valence-corrected chi connectivity index (χ1v) is 7.98. The third kappa shape index (κ3) is 7.10. The Morgan fingerprint density at radius 3 is 1.95 bits per heavy atom. The predicted octanol–water partition coefficient (Wildman–Crippen LogP) is 5.15. The molecule has 0 saturated heterocycles. The summed E-state index contributed by atoms with van der Waals surface area (Å²) in [6.07, 6.45) is 6.84. The molecular formula is C17H34O2. The molecule has 0 fully saturated rings. The molecule has 2 nitrogen and oxygen atoms in total. The predicted molar refractivity (Wildman–Crippen MR) is 82.5 cm³/mol. The van der Waals surface area contributed by atoms with E-state index in [9.17, 15) is 4.79 Å². The van der Waals surface area contributed by atoms with E-state index in [1.807, 2.05) is 0 Å². The van der Waals surface area contributed by atoms with Gasteiger partial charge in [0.15, 0.2) is 0 Å². The summed E-state index contributed by atoms with van der Waals surface area (Å²) in [6.45, 7) is 13.5. The maximum atomic E-state index is 12.1. The van der Waals surface area contributed by atoms with E-state index in [1.54, 1.807) is 0 Å². The fraction of sp³-hybridized carbons (Fsp3) is 0.941. The van der Waals surface area contributed by atoms with Gasteiger partial charge in [0, 0.05) is 18.4 Å². The molecule has 0 atom stereocenters. The van der Waals surface area contributed by atoms with Crippen LogP contribution in [0.2, 0.25) is 0 Å². The van der Waals surface area contributed by atoms with Gasteiger partial charge in [-0.1, -0.05) is 34.1 Å².